The summed E-state index contributed by atoms with van der Waals surface area (Å²) in [6.07, 6.45) is -7.94. The molecule has 2 aromatic carbocycles. The lowest BCUT2D eigenvalue weighted by molar-refractivity contribution is -0.143. The highest BCUT2D eigenvalue weighted by molar-refractivity contribution is 7.53. The van der Waals surface area contributed by atoms with Gasteiger partial charge in [0.15, 0.2) is 5.78 Å². The quantitative estimate of drug-likeness (QED) is 0.213. The molecule has 157 valence electrons. The van der Waals surface area contributed by atoms with Crippen molar-refractivity contribution >= 4 is 18.9 Å². The van der Waals surface area contributed by atoms with Crippen LogP contribution in [-0.2, 0) is 16.9 Å². The van der Waals surface area contributed by atoms with Gasteiger partial charge >= 0.3 is 12.4 Å². The van der Waals surface area contributed by atoms with Crippen molar-refractivity contribution in [1.29, 1.82) is 0 Å². The molecule has 1 atom stereocenters. The highest BCUT2D eigenvalue weighted by Crippen LogP contribution is 2.40. The topological polar surface area (TPSA) is 34.1 Å². The van der Waals surface area contributed by atoms with Crippen LogP contribution in [0.2, 0.25) is 0 Å². The van der Waals surface area contributed by atoms with E-state index >= 15 is 0 Å². The van der Waals surface area contributed by atoms with Crippen LogP contribution >= 0.6 is 7.80 Å². The van der Waals surface area contributed by atoms with Gasteiger partial charge in [0.25, 0.3) is 0 Å². The van der Waals surface area contributed by atoms with Gasteiger partial charge in [-0.3, -0.25) is 9.36 Å². The molecule has 2 aromatic rings. The van der Waals surface area contributed by atoms with Crippen LogP contribution in [0.15, 0.2) is 42.5 Å². The normalized spacial score (nSPS) is 12.7. The maximum atomic E-state index is 13.4. The lowest BCUT2D eigenvalue weighted by atomic mass is 9.92. The summed E-state index contributed by atoms with van der Waals surface area (Å²) in [5.74, 6) is -1.44. The molecule has 0 N–H and O–H groups in total. The second-order valence-electron chi connectivity index (χ2n) is 6.38. The van der Waals surface area contributed by atoms with E-state index in [1.165, 1.54) is 18.2 Å². The standard InChI is InChI=1S/C20H18F6O2P/c1-2-3-6-12-29(28)16-11-5-4-8-13(16)18(27)17-14(19(21,22)23)9-7-10-15(17)20(24,25)26/h4-5,7-11H,2-3,6,12H2,1H3. The summed E-state index contributed by atoms with van der Waals surface area (Å²) in [7, 11) is -2.14. The number of hydrogen-bond acceptors (Lipinski definition) is 2. The summed E-state index contributed by atoms with van der Waals surface area (Å²) >= 11 is 0. The third-order valence-electron chi connectivity index (χ3n) is 4.28. The van der Waals surface area contributed by atoms with Crippen LogP contribution in [0.3, 0.4) is 0 Å². The van der Waals surface area contributed by atoms with Gasteiger partial charge in [0, 0.05) is 22.6 Å². The first-order valence-electron chi connectivity index (χ1n) is 8.84. The Morgan fingerprint density at radius 2 is 1.41 bits per heavy atom. The van der Waals surface area contributed by atoms with Crippen LogP contribution in [0.5, 0.6) is 0 Å². The molecule has 2 rings (SSSR count). The third-order valence-corrected chi connectivity index (χ3v) is 5.93. The first kappa shape index (κ1) is 23.1. The molecule has 0 saturated carbocycles. The van der Waals surface area contributed by atoms with Crippen molar-refractivity contribution in [2.75, 3.05) is 6.16 Å². The fraction of sp³-hybridized carbons (Fsp3) is 0.350. The van der Waals surface area contributed by atoms with Crippen LogP contribution < -0.4 is 5.30 Å². The van der Waals surface area contributed by atoms with E-state index in [0.717, 1.165) is 18.9 Å². The summed E-state index contributed by atoms with van der Waals surface area (Å²) in [6.45, 7) is 1.93. The van der Waals surface area contributed by atoms with E-state index in [-0.39, 0.29) is 11.5 Å². The zero-order valence-corrected chi connectivity index (χ0v) is 16.3. The van der Waals surface area contributed by atoms with Crippen LogP contribution in [0.1, 0.15) is 53.2 Å². The number of hydrogen-bond donors (Lipinski definition) is 0. The Labute approximate surface area is 164 Å². The molecule has 2 nitrogen and oxygen atoms in total. The predicted molar refractivity (Wildman–Crippen MR) is 98.0 cm³/mol. The Bertz CT molecular complexity index is 870. The van der Waals surface area contributed by atoms with Gasteiger partial charge < -0.3 is 0 Å². The summed E-state index contributed by atoms with van der Waals surface area (Å²) in [5, 5.41) is -0.0336. The molecule has 0 spiro atoms. The summed E-state index contributed by atoms with van der Waals surface area (Å²) in [4.78, 5) is 12.9. The molecule has 1 radical (unpaired) electrons. The van der Waals surface area contributed by atoms with Crippen LogP contribution in [0, 0.1) is 0 Å². The molecule has 0 bridgehead atoms. The van der Waals surface area contributed by atoms with Crippen LogP contribution in [0.4, 0.5) is 26.3 Å². The van der Waals surface area contributed by atoms with Gasteiger partial charge in [-0.2, -0.15) is 26.3 Å². The Hall–Kier alpha value is -2.21. The molecule has 0 aromatic heterocycles. The monoisotopic (exact) mass is 435 g/mol. The lowest BCUT2D eigenvalue weighted by Crippen LogP contribution is -2.23. The maximum Gasteiger partial charge on any atom is 0.417 e. The Morgan fingerprint density at radius 1 is 0.862 bits per heavy atom. The number of carbonyl (C=O) groups is 1. The molecular weight excluding hydrogens is 417 g/mol. The van der Waals surface area contributed by atoms with Gasteiger partial charge in [-0.05, 0) is 30.7 Å². The van der Waals surface area contributed by atoms with Gasteiger partial charge in [0.2, 0.25) is 0 Å². The van der Waals surface area contributed by atoms with E-state index in [2.05, 4.69) is 0 Å². The number of alkyl halides is 6. The summed E-state index contributed by atoms with van der Waals surface area (Å²) < 4.78 is 92.9. The number of rotatable bonds is 7. The van der Waals surface area contributed by atoms with Gasteiger partial charge in [0.05, 0.1) is 11.1 Å². The zero-order valence-electron chi connectivity index (χ0n) is 15.4. The van der Waals surface area contributed by atoms with Crippen molar-refractivity contribution in [3.05, 3.63) is 64.7 Å². The van der Waals surface area contributed by atoms with Gasteiger partial charge in [-0.15, -0.1) is 0 Å². The number of unbranched alkanes of at least 4 members (excludes halogenated alkanes) is 2. The minimum atomic E-state index is -5.16. The smallest absolute Gasteiger partial charge is 0.289 e. The summed E-state index contributed by atoms with van der Waals surface area (Å²) in [5.41, 5.74) is -5.23. The van der Waals surface area contributed by atoms with Gasteiger partial charge in [-0.1, -0.05) is 38.0 Å². The third kappa shape index (κ3) is 5.44. The maximum absolute atomic E-state index is 13.4. The van der Waals surface area contributed by atoms with Gasteiger partial charge in [0.1, 0.15) is 7.80 Å². The van der Waals surface area contributed by atoms with Crippen molar-refractivity contribution in [2.24, 2.45) is 0 Å². The fourth-order valence-electron chi connectivity index (χ4n) is 2.91. The second-order valence-corrected chi connectivity index (χ2v) is 8.07. The molecule has 0 saturated heterocycles. The van der Waals surface area contributed by atoms with Crippen molar-refractivity contribution in [3.63, 3.8) is 0 Å². The average Bonchev–Trinajstić information content (AvgIpc) is 2.65. The molecule has 0 aliphatic heterocycles. The van der Waals surface area contributed by atoms with Gasteiger partial charge in [-0.25, -0.2) is 0 Å². The number of ketones is 1. The molecular formula is C20H18F6O2P. The van der Waals surface area contributed by atoms with E-state index in [1.807, 2.05) is 6.92 Å². The van der Waals surface area contributed by atoms with E-state index in [0.29, 0.717) is 24.6 Å². The van der Waals surface area contributed by atoms with Crippen LogP contribution in [0.25, 0.3) is 0 Å². The first-order chi connectivity index (χ1) is 13.5. The molecule has 0 amide bonds. The van der Waals surface area contributed by atoms with E-state index in [9.17, 15) is 35.7 Å². The minimum absolute atomic E-state index is 0.0336. The van der Waals surface area contributed by atoms with Crippen LogP contribution in [-0.4, -0.2) is 11.9 Å². The van der Waals surface area contributed by atoms with Crippen molar-refractivity contribution in [3.8, 4) is 0 Å². The van der Waals surface area contributed by atoms with E-state index in [1.54, 1.807) is 0 Å². The molecule has 29 heavy (non-hydrogen) atoms. The first-order valence-corrected chi connectivity index (χ1v) is 10.3. The SMILES string of the molecule is CCCCC[P](=O)c1ccccc1C(=O)c1c(C(F)(F)F)cccc1C(F)(F)F. The molecule has 0 aliphatic carbocycles. The fourth-order valence-corrected chi connectivity index (χ4v) is 4.36. The Morgan fingerprint density at radius 3 is 1.93 bits per heavy atom. The van der Waals surface area contributed by atoms with E-state index < -0.39 is 48.2 Å². The molecule has 0 aliphatic rings. The minimum Gasteiger partial charge on any atom is -0.289 e. The zero-order chi connectivity index (χ0) is 21.8. The average molecular weight is 435 g/mol. The van der Waals surface area contributed by atoms with Crippen molar-refractivity contribution in [2.45, 2.75) is 38.5 Å². The highest BCUT2D eigenvalue weighted by atomic mass is 31.1. The second kappa shape index (κ2) is 9.08. The number of halogens is 6. The molecule has 0 heterocycles. The lowest BCUT2D eigenvalue weighted by Gasteiger charge is -2.18. The number of carbonyl (C=O) groups excluding carboxylic acids is 1. The van der Waals surface area contributed by atoms with Crippen molar-refractivity contribution < 1.29 is 35.7 Å². The Kier molecular flexibility index (Phi) is 7.22. The highest BCUT2D eigenvalue weighted by Gasteiger charge is 2.43. The van der Waals surface area contributed by atoms with Crippen molar-refractivity contribution in [1.82, 2.24) is 0 Å². The molecule has 0 fully saturated rings. The molecule has 1 unspecified atom stereocenters. The predicted octanol–water partition coefficient (Wildman–Crippen LogP) is 6.60. The summed E-state index contributed by atoms with van der Waals surface area (Å²) in [6, 6.07) is 6.66. The Balaban J connectivity index is 2.63. The number of benzene rings is 2. The molecule has 9 heteroatoms. The largest absolute Gasteiger partial charge is 0.417 e. The van der Waals surface area contributed by atoms with E-state index in [4.69, 9.17) is 0 Å².